The zero-order chi connectivity index (χ0) is 10.1. The highest BCUT2D eigenvalue weighted by Crippen LogP contribution is 1.94. The molecule has 0 bridgehead atoms. The molecule has 0 heterocycles. The average Bonchev–Trinajstić information content (AvgIpc) is 2.11. The second-order valence-electron chi connectivity index (χ2n) is 3.18. The first-order valence-corrected chi connectivity index (χ1v) is 4.88. The van der Waals surface area contributed by atoms with Gasteiger partial charge in [0.15, 0.2) is 5.96 Å². The van der Waals surface area contributed by atoms with Gasteiger partial charge in [0, 0.05) is 19.2 Å². The van der Waals surface area contributed by atoms with Gasteiger partial charge in [-0.3, -0.25) is 4.99 Å². The molecule has 0 saturated carbocycles. The zero-order valence-electron chi connectivity index (χ0n) is 8.58. The average molecular weight is 187 g/mol. The molecule has 0 radical (unpaired) electrons. The number of nitrogens with one attached hydrogen (secondary N) is 1. The first-order chi connectivity index (χ1) is 6.20. The minimum absolute atomic E-state index is 0.234. The Hall–Kier alpha value is -0.770. The fourth-order valence-corrected chi connectivity index (χ4v) is 1.000. The van der Waals surface area contributed by atoms with E-state index in [1.807, 2.05) is 6.92 Å². The number of nitrogens with zero attached hydrogens (tertiary/aromatic N) is 1. The topological polar surface area (TPSA) is 70.6 Å². The molecule has 4 N–H and O–H groups in total. The third-order valence-corrected chi connectivity index (χ3v) is 1.70. The lowest BCUT2D eigenvalue weighted by atomic mass is 10.2. The normalized spacial score (nSPS) is 14.2. The molecule has 78 valence electrons. The van der Waals surface area contributed by atoms with Gasteiger partial charge in [-0.1, -0.05) is 6.92 Å². The Morgan fingerprint density at radius 3 is 2.85 bits per heavy atom. The lowest BCUT2D eigenvalue weighted by Crippen LogP contribution is -2.38. The second-order valence-corrected chi connectivity index (χ2v) is 3.18. The van der Waals surface area contributed by atoms with Crippen LogP contribution < -0.4 is 11.1 Å². The van der Waals surface area contributed by atoms with Gasteiger partial charge < -0.3 is 16.2 Å². The minimum Gasteiger partial charge on any atom is -0.396 e. The standard InChI is InChI=1S/C9H21N3O/c1-3-6-11-9(10)12-8(2)5-4-7-13/h8,13H,3-7H2,1-2H3,(H3,10,11,12). The van der Waals surface area contributed by atoms with Crippen LogP contribution in [-0.4, -0.2) is 30.3 Å². The number of rotatable bonds is 6. The largest absolute Gasteiger partial charge is 0.396 e. The predicted octanol–water partition coefficient (Wildman–Crippen LogP) is 0.462. The van der Waals surface area contributed by atoms with Crippen LogP contribution in [0.15, 0.2) is 4.99 Å². The Morgan fingerprint density at radius 1 is 1.62 bits per heavy atom. The second kappa shape index (κ2) is 7.86. The van der Waals surface area contributed by atoms with Gasteiger partial charge in [0.05, 0.1) is 0 Å². The molecule has 0 aliphatic rings. The maximum atomic E-state index is 8.60. The van der Waals surface area contributed by atoms with Crippen molar-refractivity contribution in [1.29, 1.82) is 0 Å². The van der Waals surface area contributed by atoms with Gasteiger partial charge in [-0.25, -0.2) is 0 Å². The van der Waals surface area contributed by atoms with E-state index in [4.69, 9.17) is 10.8 Å². The molecule has 4 heteroatoms. The van der Waals surface area contributed by atoms with Crippen LogP contribution in [0.4, 0.5) is 0 Å². The van der Waals surface area contributed by atoms with Crippen LogP contribution in [0.25, 0.3) is 0 Å². The van der Waals surface area contributed by atoms with Crippen LogP contribution in [0.5, 0.6) is 0 Å². The Labute approximate surface area is 80.2 Å². The Balaban J connectivity index is 3.57. The van der Waals surface area contributed by atoms with Gasteiger partial charge in [0.2, 0.25) is 0 Å². The fraction of sp³-hybridized carbons (Fsp3) is 0.889. The maximum absolute atomic E-state index is 8.60. The number of hydrogen-bond donors (Lipinski definition) is 3. The summed E-state index contributed by atoms with van der Waals surface area (Å²) in [5.41, 5.74) is 5.61. The third-order valence-electron chi connectivity index (χ3n) is 1.70. The summed E-state index contributed by atoms with van der Waals surface area (Å²) in [6.07, 6.45) is 2.72. The van der Waals surface area contributed by atoms with Gasteiger partial charge in [-0.05, 0) is 26.2 Å². The molecular weight excluding hydrogens is 166 g/mol. The van der Waals surface area contributed by atoms with Crippen molar-refractivity contribution in [2.75, 3.05) is 13.2 Å². The highest BCUT2D eigenvalue weighted by Gasteiger charge is 2.00. The fourth-order valence-electron chi connectivity index (χ4n) is 1.000. The highest BCUT2D eigenvalue weighted by atomic mass is 16.2. The molecule has 13 heavy (non-hydrogen) atoms. The number of nitrogens with two attached hydrogens (primary N) is 1. The summed E-state index contributed by atoms with van der Waals surface area (Å²) in [6, 6.07) is 0.285. The molecule has 0 aromatic carbocycles. The molecule has 0 spiro atoms. The van der Waals surface area contributed by atoms with Gasteiger partial charge in [0.1, 0.15) is 0 Å². The van der Waals surface area contributed by atoms with Crippen molar-refractivity contribution in [3.63, 3.8) is 0 Å². The first kappa shape index (κ1) is 12.2. The van der Waals surface area contributed by atoms with Crippen molar-refractivity contribution in [2.45, 2.75) is 39.2 Å². The summed E-state index contributed by atoms with van der Waals surface area (Å²) in [5.74, 6) is 0.507. The van der Waals surface area contributed by atoms with Crippen LogP contribution in [0.2, 0.25) is 0 Å². The number of hydrogen-bond acceptors (Lipinski definition) is 2. The molecule has 0 saturated heterocycles. The van der Waals surface area contributed by atoms with Crippen molar-refractivity contribution in [1.82, 2.24) is 5.32 Å². The van der Waals surface area contributed by atoms with Crippen LogP contribution in [0, 0.1) is 0 Å². The highest BCUT2D eigenvalue weighted by molar-refractivity contribution is 5.78. The molecule has 0 aromatic rings. The van der Waals surface area contributed by atoms with Crippen LogP contribution >= 0.6 is 0 Å². The SMILES string of the molecule is CCCN=C(N)NC(C)CCCO. The van der Waals surface area contributed by atoms with E-state index < -0.39 is 0 Å². The number of aliphatic hydroxyl groups is 1. The molecule has 4 nitrogen and oxygen atoms in total. The Kier molecular flexibility index (Phi) is 7.39. The van der Waals surface area contributed by atoms with Gasteiger partial charge in [-0.15, -0.1) is 0 Å². The predicted molar refractivity (Wildman–Crippen MR) is 55.7 cm³/mol. The zero-order valence-corrected chi connectivity index (χ0v) is 8.58. The van der Waals surface area contributed by atoms with Crippen molar-refractivity contribution in [3.8, 4) is 0 Å². The number of guanidine groups is 1. The molecule has 1 unspecified atom stereocenters. The summed E-state index contributed by atoms with van der Waals surface area (Å²) in [7, 11) is 0. The van der Waals surface area contributed by atoms with E-state index in [2.05, 4.69) is 17.2 Å². The Bertz CT molecular complexity index is 148. The molecule has 0 rings (SSSR count). The minimum atomic E-state index is 0.234. The van der Waals surface area contributed by atoms with Crippen LogP contribution in [0.3, 0.4) is 0 Å². The summed E-state index contributed by atoms with van der Waals surface area (Å²) in [6.45, 7) is 5.10. The van der Waals surface area contributed by atoms with Gasteiger partial charge in [0.25, 0.3) is 0 Å². The maximum Gasteiger partial charge on any atom is 0.188 e. The third kappa shape index (κ3) is 7.59. The molecule has 0 aromatic heterocycles. The summed E-state index contributed by atoms with van der Waals surface area (Å²) >= 11 is 0. The lowest BCUT2D eigenvalue weighted by molar-refractivity contribution is 0.279. The molecule has 0 aliphatic carbocycles. The summed E-state index contributed by atoms with van der Waals surface area (Å²) < 4.78 is 0. The molecule has 1 atom stereocenters. The van der Waals surface area contributed by atoms with E-state index in [0.717, 1.165) is 25.8 Å². The van der Waals surface area contributed by atoms with Crippen LogP contribution in [0.1, 0.15) is 33.1 Å². The number of aliphatic hydroxyl groups excluding tert-OH is 1. The summed E-state index contributed by atoms with van der Waals surface area (Å²) in [5, 5.41) is 11.7. The van der Waals surface area contributed by atoms with E-state index in [0.29, 0.717) is 5.96 Å². The van der Waals surface area contributed by atoms with Gasteiger partial charge in [-0.2, -0.15) is 0 Å². The van der Waals surface area contributed by atoms with E-state index >= 15 is 0 Å². The van der Waals surface area contributed by atoms with E-state index in [9.17, 15) is 0 Å². The first-order valence-electron chi connectivity index (χ1n) is 4.88. The van der Waals surface area contributed by atoms with Crippen LogP contribution in [-0.2, 0) is 0 Å². The smallest absolute Gasteiger partial charge is 0.188 e. The monoisotopic (exact) mass is 187 g/mol. The molecule has 0 fully saturated rings. The van der Waals surface area contributed by atoms with E-state index in [-0.39, 0.29) is 12.6 Å². The quantitative estimate of drug-likeness (QED) is 0.418. The summed E-state index contributed by atoms with van der Waals surface area (Å²) in [4.78, 5) is 4.11. The Morgan fingerprint density at radius 2 is 2.31 bits per heavy atom. The van der Waals surface area contributed by atoms with Crippen molar-refractivity contribution in [3.05, 3.63) is 0 Å². The van der Waals surface area contributed by atoms with E-state index in [1.54, 1.807) is 0 Å². The molecular formula is C9H21N3O. The van der Waals surface area contributed by atoms with Gasteiger partial charge >= 0.3 is 0 Å². The molecule has 0 aliphatic heterocycles. The van der Waals surface area contributed by atoms with Crippen molar-refractivity contribution in [2.24, 2.45) is 10.7 Å². The number of aliphatic imine (C=N–C) groups is 1. The molecule has 0 amide bonds. The lowest BCUT2D eigenvalue weighted by Gasteiger charge is -2.13. The van der Waals surface area contributed by atoms with Crippen molar-refractivity contribution < 1.29 is 5.11 Å². The van der Waals surface area contributed by atoms with E-state index in [1.165, 1.54) is 0 Å². The van der Waals surface area contributed by atoms with Crippen molar-refractivity contribution >= 4 is 5.96 Å².